The lowest BCUT2D eigenvalue weighted by Crippen LogP contribution is -2.46. The molecule has 0 bridgehead atoms. The Bertz CT molecular complexity index is 504. The fourth-order valence-corrected chi connectivity index (χ4v) is 4.36. The van der Waals surface area contributed by atoms with Gasteiger partial charge < -0.3 is 5.32 Å². The standard InChI is InChI=1S/C17H23FN2S/c1-13-6-9-17(10-7-13)12-21-16(20-17)19-11-8-14-2-4-15(18)5-3-14/h2-5,13H,6-12H2,1H3,(H,19,20). The second kappa shape index (κ2) is 6.39. The summed E-state index contributed by atoms with van der Waals surface area (Å²) in [7, 11) is 0. The van der Waals surface area contributed by atoms with E-state index in [9.17, 15) is 4.39 Å². The van der Waals surface area contributed by atoms with Gasteiger partial charge in [-0.1, -0.05) is 30.8 Å². The third-order valence-corrected chi connectivity index (χ3v) is 5.86. The molecule has 1 spiro atoms. The summed E-state index contributed by atoms with van der Waals surface area (Å²) in [6.45, 7) is 3.13. The van der Waals surface area contributed by atoms with Crippen LogP contribution in [0, 0.1) is 11.7 Å². The second-order valence-electron chi connectivity index (χ2n) is 6.44. The van der Waals surface area contributed by atoms with Gasteiger partial charge in [0.1, 0.15) is 5.82 Å². The minimum atomic E-state index is -0.174. The van der Waals surface area contributed by atoms with Crippen LogP contribution in [0.4, 0.5) is 4.39 Å². The van der Waals surface area contributed by atoms with Gasteiger partial charge >= 0.3 is 0 Å². The van der Waals surface area contributed by atoms with Gasteiger partial charge in [0.15, 0.2) is 5.17 Å². The average molecular weight is 306 g/mol. The molecule has 0 radical (unpaired) electrons. The number of aliphatic imine (C=N–C) groups is 1. The Morgan fingerprint density at radius 3 is 2.71 bits per heavy atom. The lowest BCUT2D eigenvalue weighted by Gasteiger charge is -2.35. The van der Waals surface area contributed by atoms with Gasteiger partial charge in [0, 0.05) is 17.8 Å². The molecule has 1 aromatic rings. The van der Waals surface area contributed by atoms with Gasteiger partial charge in [0.25, 0.3) is 0 Å². The van der Waals surface area contributed by atoms with Crippen LogP contribution >= 0.6 is 11.8 Å². The quantitative estimate of drug-likeness (QED) is 0.912. The van der Waals surface area contributed by atoms with E-state index in [0.717, 1.165) is 35.4 Å². The van der Waals surface area contributed by atoms with Crippen molar-refractivity contribution in [3.8, 4) is 0 Å². The van der Waals surface area contributed by atoms with Crippen LogP contribution in [-0.2, 0) is 6.42 Å². The number of halogens is 1. The maximum Gasteiger partial charge on any atom is 0.157 e. The van der Waals surface area contributed by atoms with Crippen LogP contribution in [0.25, 0.3) is 0 Å². The summed E-state index contributed by atoms with van der Waals surface area (Å²) in [5.74, 6) is 1.86. The van der Waals surface area contributed by atoms with Crippen molar-refractivity contribution in [3.05, 3.63) is 35.6 Å². The first-order valence-electron chi connectivity index (χ1n) is 7.85. The molecule has 1 aliphatic heterocycles. The summed E-state index contributed by atoms with van der Waals surface area (Å²) in [4.78, 5) is 4.68. The molecular weight excluding hydrogens is 283 g/mol. The number of benzene rings is 1. The molecule has 4 heteroatoms. The predicted molar refractivity (Wildman–Crippen MR) is 88.4 cm³/mol. The van der Waals surface area contributed by atoms with E-state index in [4.69, 9.17) is 0 Å². The Hall–Kier alpha value is -1.03. The van der Waals surface area contributed by atoms with Crippen molar-refractivity contribution in [2.45, 2.75) is 44.6 Å². The molecule has 1 N–H and O–H groups in total. The fraction of sp³-hybridized carbons (Fsp3) is 0.588. The highest BCUT2D eigenvalue weighted by molar-refractivity contribution is 8.14. The highest BCUT2D eigenvalue weighted by atomic mass is 32.2. The van der Waals surface area contributed by atoms with E-state index in [-0.39, 0.29) is 5.82 Å². The molecule has 2 fully saturated rings. The summed E-state index contributed by atoms with van der Waals surface area (Å²) < 4.78 is 12.8. The summed E-state index contributed by atoms with van der Waals surface area (Å²) in [6, 6.07) is 6.72. The molecule has 1 aliphatic carbocycles. The maximum absolute atomic E-state index is 12.8. The summed E-state index contributed by atoms with van der Waals surface area (Å²) in [6.07, 6.45) is 6.08. The minimum absolute atomic E-state index is 0.174. The number of amidine groups is 1. The van der Waals surface area contributed by atoms with Gasteiger partial charge in [-0.25, -0.2) is 4.39 Å². The molecule has 0 amide bonds. The Morgan fingerprint density at radius 2 is 2.00 bits per heavy atom. The lowest BCUT2D eigenvalue weighted by molar-refractivity contribution is 0.251. The van der Waals surface area contributed by atoms with Crippen LogP contribution in [0.5, 0.6) is 0 Å². The third kappa shape index (κ3) is 3.79. The van der Waals surface area contributed by atoms with Crippen molar-refractivity contribution in [1.82, 2.24) is 5.32 Å². The topological polar surface area (TPSA) is 24.4 Å². The SMILES string of the molecule is CC1CCC2(CC1)CSC(=NCCc1ccc(F)cc1)N2. The zero-order valence-electron chi connectivity index (χ0n) is 12.6. The highest BCUT2D eigenvalue weighted by Crippen LogP contribution is 2.38. The van der Waals surface area contributed by atoms with Gasteiger partial charge in [-0.05, 0) is 55.7 Å². The zero-order valence-corrected chi connectivity index (χ0v) is 13.4. The van der Waals surface area contributed by atoms with Crippen molar-refractivity contribution in [3.63, 3.8) is 0 Å². The van der Waals surface area contributed by atoms with Gasteiger partial charge in [-0.15, -0.1) is 0 Å². The summed E-state index contributed by atoms with van der Waals surface area (Å²) in [5.41, 5.74) is 1.45. The number of rotatable bonds is 3. The Kier molecular flexibility index (Phi) is 4.53. The maximum atomic E-state index is 12.8. The van der Waals surface area contributed by atoms with Crippen LogP contribution in [0.3, 0.4) is 0 Å². The molecule has 1 saturated carbocycles. The molecule has 1 saturated heterocycles. The zero-order chi connectivity index (χ0) is 14.7. The van der Waals surface area contributed by atoms with E-state index in [0.29, 0.717) is 5.54 Å². The molecule has 3 rings (SSSR count). The van der Waals surface area contributed by atoms with Crippen molar-refractivity contribution >= 4 is 16.9 Å². The molecule has 1 heterocycles. The molecule has 21 heavy (non-hydrogen) atoms. The number of hydrogen-bond donors (Lipinski definition) is 1. The van der Waals surface area contributed by atoms with Gasteiger partial charge in [0.2, 0.25) is 0 Å². The van der Waals surface area contributed by atoms with Crippen LogP contribution in [-0.4, -0.2) is 23.0 Å². The minimum Gasteiger partial charge on any atom is -0.359 e. The number of hydrogen-bond acceptors (Lipinski definition) is 2. The Morgan fingerprint density at radius 1 is 1.29 bits per heavy atom. The Balaban J connectivity index is 1.50. The largest absolute Gasteiger partial charge is 0.359 e. The molecule has 2 aliphatic rings. The van der Waals surface area contributed by atoms with Gasteiger partial charge in [-0.2, -0.15) is 0 Å². The first kappa shape index (κ1) is 14.9. The first-order valence-corrected chi connectivity index (χ1v) is 8.84. The van der Waals surface area contributed by atoms with Crippen molar-refractivity contribution in [2.24, 2.45) is 10.9 Å². The Labute approximate surface area is 130 Å². The summed E-state index contributed by atoms with van der Waals surface area (Å²) >= 11 is 1.87. The second-order valence-corrected chi connectivity index (χ2v) is 7.40. The molecule has 2 nitrogen and oxygen atoms in total. The monoisotopic (exact) mass is 306 g/mol. The van der Waals surface area contributed by atoms with Crippen LogP contribution < -0.4 is 5.32 Å². The average Bonchev–Trinajstić information content (AvgIpc) is 2.88. The molecule has 0 aromatic heterocycles. The highest BCUT2D eigenvalue weighted by Gasteiger charge is 2.39. The van der Waals surface area contributed by atoms with Crippen molar-refractivity contribution in [2.75, 3.05) is 12.3 Å². The van der Waals surface area contributed by atoms with E-state index >= 15 is 0 Å². The van der Waals surface area contributed by atoms with Crippen LogP contribution in [0.15, 0.2) is 29.3 Å². The molecule has 1 aromatic carbocycles. The van der Waals surface area contributed by atoms with E-state index in [1.807, 2.05) is 23.9 Å². The number of nitrogens with zero attached hydrogens (tertiary/aromatic N) is 1. The smallest absolute Gasteiger partial charge is 0.157 e. The van der Waals surface area contributed by atoms with Crippen LogP contribution in [0.1, 0.15) is 38.2 Å². The van der Waals surface area contributed by atoms with Gasteiger partial charge in [-0.3, -0.25) is 4.99 Å². The van der Waals surface area contributed by atoms with E-state index in [1.165, 1.54) is 37.8 Å². The van der Waals surface area contributed by atoms with E-state index < -0.39 is 0 Å². The lowest BCUT2D eigenvalue weighted by atomic mass is 9.78. The summed E-state index contributed by atoms with van der Waals surface area (Å²) in [5, 5.41) is 4.78. The molecule has 0 atom stereocenters. The number of thioether (sulfide) groups is 1. The molecule has 0 unspecified atom stereocenters. The molecule has 114 valence electrons. The first-order chi connectivity index (χ1) is 10.2. The predicted octanol–water partition coefficient (Wildman–Crippen LogP) is 4.01. The van der Waals surface area contributed by atoms with Crippen molar-refractivity contribution in [1.29, 1.82) is 0 Å². The van der Waals surface area contributed by atoms with Crippen molar-refractivity contribution < 1.29 is 4.39 Å². The molecular formula is C17H23FN2S. The van der Waals surface area contributed by atoms with E-state index in [2.05, 4.69) is 17.2 Å². The van der Waals surface area contributed by atoms with Crippen LogP contribution in [0.2, 0.25) is 0 Å². The van der Waals surface area contributed by atoms with Gasteiger partial charge in [0.05, 0.1) is 0 Å². The third-order valence-electron chi connectivity index (χ3n) is 4.66. The normalized spacial score (nSPS) is 30.8. The van der Waals surface area contributed by atoms with E-state index in [1.54, 1.807) is 0 Å². The number of nitrogens with one attached hydrogen (secondary N) is 1. The fourth-order valence-electron chi connectivity index (χ4n) is 3.11.